The van der Waals surface area contributed by atoms with E-state index in [1.807, 2.05) is 66.7 Å². The van der Waals surface area contributed by atoms with Crippen LogP contribution in [0.1, 0.15) is 23.3 Å². The van der Waals surface area contributed by atoms with Gasteiger partial charge >= 0.3 is 15.0 Å². The third-order valence-corrected chi connectivity index (χ3v) is 8.60. The monoisotopic (exact) mass is 474 g/mol. The van der Waals surface area contributed by atoms with Crippen molar-refractivity contribution in [2.45, 2.75) is 12.2 Å². The predicted octanol–water partition coefficient (Wildman–Crippen LogP) is 4.72. The molecule has 7 heteroatoms. The molecule has 0 saturated carbocycles. The van der Waals surface area contributed by atoms with Crippen molar-refractivity contribution in [1.29, 1.82) is 0 Å². The number of nitrogens with zero attached hydrogens (tertiary/aromatic N) is 1. The Morgan fingerprint density at radius 2 is 1.35 bits per heavy atom. The minimum Gasteiger partial charge on any atom is -0.449 e. The lowest BCUT2D eigenvalue weighted by Gasteiger charge is -2.48. The first-order valence-electron chi connectivity index (χ1n) is 11.5. The van der Waals surface area contributed by atoms with Crippen molar-refractivity contribution >= 4 is 20.7 Å². The van der Waals surface area contributed by atoms with Gasteiger partial charge in [0.1, 0.15) is 37.5 Å². The fourth-order valence-electron chi connectivity index (χ4n) is 4.77. The van der Waals surface area contributed by atoms with E-state index in [0.717, 1.165) is 17.2 Å². The van der Waals surface area contributed by atoms with Gasteiger partial charge in [0, 0.05) is 6.08 Å². The zero-order chi connectivity index (χ0) is 23.4. The van der Waals surface area contributed by atoms with E-state index in [-0.39, 0.29) is 12.2 Å². The van der Waals surface area contributed by atoms with E-state index in [0.29, 0.717) is 30.7 Å². The average Bonchev–Trinajstić information content (AvgIpc) is 2.86. The number of hydrogen-bond acceptors (Lipinski definition) is 5. The molecule has 0 spiro atoms. The van der Waals surface area contributed by atoms with Crippen LogP contribution in [-0.4, -0.2) is 41.3 Å². The summed E-state index contributed by atoms with van der Waals surface area (Å²) in [6.45, 7) is 5.91. The average molecular weight is 475 g/mol. The SMILES string of the molecule is C=CC(=O)O[Si]12OCC[N+](c3ccccc3)(CC(c3ccccc3)O1)CC(c1ccccc1)O2. The van der Waals surface area contributed by atoms with Crippen LogP contribution < -0.4 is 4.48 Å². The molecule has 34 heavy (non-hydrogen) atoms. The predicted molar refractivity (Wildman–Crippen MR) is 131 cm³/mol. The van der Waals surface area contributed by atoms with Gasteiger partial charge < -0.3 is 17.7 Å². The maximum absolute atomic E-state index is 12.4. The van der Waals surface area contributed by atoms with Crippen molar-refractivity contribution in [1.82, 2.24) is 4.48 Å². The summed E-state index contributed by atoms with van der Waals surface area (Å²) in [6.07, 6.45) is 0.347. The molecule has 3 fully saturated rings. The quantitative estimate of drug-likeness (QED) is 0.304. The molecule has 3 aliphatic rings. The molecular weight excluding hydrogens is 446 g/mol. The van der Waals surface area contributed by atoms with Crippen molar-refractivity contribution in [3.8, 4) is 0 Å². The van der Waals surface area contributed by atoms with E-state index in [9.17, 15) is 4.79 Å². The number of quaternary nitrogens is 1. The maximum atomic E-state index is 12.4. The van der Waals surface area contributed by atoms with Gasteiger partial charge in [-0.25, -0.2) is 4.79 Å². The molecule has 3 aromatic carbocycles. The summed E-state index contributed by atoms with van der Waals surface area (Å²) in [5, 5.41) is 0. The summed E-state index contributed by atoms with van der Waals surface area (Å²) in [5.74, 6) is -0.616. The molecular formula is C27H28NO5Si+. The second-order valence-corrected chi connectivity index (χ2v) is 10.5. The van der Waals surface area contributed by atoms with Crippen LogP contribution in [0.2, 0.25) is 0 Å². The number of hydrogen-bond donors (Lipinski definition) is 0. The third kappa shape index (κ3) is 4.61. The first-order chi connectivity index (χ1) is 16.6. The Bertz CT molecular complexity index is 1070. The van der Waals surface area contributed by atoms with Gasteiger partial charge in [-0.2, -0.15) is 0 Å². The molecule has 6 nitrogen and oxygen atoms in total. The number of carbonyl (C=O) groups excluding carboxylic acids is 1. The molecule has 0 radical (unpaired) electrons. The summed E-state index contributed by atoms with van der Waals surface area (Å²) < 4.78 is 25.8. The van der Waals surface area contributed by atoms with Crippen LogP contribution in [0.15, 0.2) is 104 Å². The van der Waals surface area contributed by atoms with Gasteiger partial charge in [0.25, 0.3) is 0 Å². The highest BCUT2D eigenvalue weighted by Crippen LogP contribution is 2.41. The van der Waals surface area contributed by atoms with Crippen LogP contribution in [0.4, 0.5) is 5.69 Å². The lowest BCUT2D eigenvalue weighted by atomic mass is 10.0. The third-order valence-electron chi connectivity index (χ3n) is 6.44. The van der Waals surface area contributed by atoms with Gasteiger partial charge in [-0.3, -0.25) is 4.48 Å². The minimum atomic E-state index is -3.87. The normalized spacial score (nSPS) is 28.8. The molecule has 0 aliphatic carbocycles. The van der Waals surface area contributed by atoms with Gasteiger partial charge in [0.2, 0.25) is 0 Å². The van der Waals surface area contributed by atoms with Crippen LogP contribution >= 0.6 is 0 Å². The van der Waals surface area contributed by atoms with E-state index in [2.05, 4.69) is 30.8 Å². The second-order valence-electron chi connectivity index (χ2n) is 8.58. The number of benzene rings is 3. The second kappa shape index (κ2) is 9.66. The number of rotatable bonds is 5. The van der Waals surface area contributed by atoms with Crippen molar-refractivity contribution in [2.75, 3.05) is 26.2 Å². The molecule has 2 unspecified atom stereocenters. The molecule has 2 atom stereocenters. The molecule has 3 heterocycles. The summed E-state index contributed by atoms with van der Waals surface area (Å²) in [6, 6.07) is 30.4. The first kappa shape index (κ1) is 22.7. The highest BCUT2D eigenvalue weighted by atomic mass is 28.4. The van der Waals surface area contributed by atoms with Crippen LogP contribution in [0, 0.1) is 0 Å². The van der Waals surface area contributed by atoms with Gasteiger partial charge in [0.05, 0.1) is 6.61 Å². The van der Waals surface area contributed by atoms with Crippen LogP contribution in [0.3, 0.4) is 0 Å². The standard InChI is InChI=1S/C27H28NO5Si/c1-2-27(29)33-34-30-19-18-28(24-16-10-5-11-17-24,20-25(31-34)22-12-6-3-7-13-22)21-26(32-34)23-14-8-4-9-15-23/h2-17,25-26H,1,18-21H2/q+1. The molecule has 0 aromatic heterocycles. The number of fused-ring (bicyclic) bond motifs is 6. The van der Waals surface area contributed by atoms with E-state index in [1.54, 1.807) is 0 Å². The molecule has 3 saturated heterocycles. The Morgan fingerprint density at radius 3 is 1.85 bits per heavy atom. The van der Waals surface area contributed by atoms with Crippen molar-refractivity contribution < 1.29 is 22.5 Å². The summed E-state index contributed by atoms with van der Waals surface area (Å²) in [7, 11) is -3.87. The van der Waals surface area contributed by atoms with E-state index in [1.165, 1.54) is 5.69 Å². The van der Waals surface area contributed by atoms with Crippen LogP contribution in [0.25, 0.3) is 0 Å². The molecule has 0 amide bonds. The van der Waals surface area contributed by atoms with Gasteiger partial charge in [-0.1, -0.05) is 85.4 Å². The van der Waals surface area contributed by atoms with Gasteiger partial charge in [-0.05, 0) is 23.3 Å². The van der Waals surface area contributed by atoms with Crippen molar-refractivity contribution in [2.24, 2.45) is 0 Å². The smallest absolute Gasteiger partial charge is 0.449 e. The Labute approximate surface area is 201 Å². The van der Waals surface area contributed by atoms with Gasteiger partial charge in [0.15, 0.2) is 0 Å². The van der Waals surface area contributed by atoms with Crippen molar-refractivity contribution in [3.63, 3.8) is 0 Å². The highest BCUT2D eigenvalue weighted by Gasteiger charge is 2.60. The van der Waals surface area contributed by atoms with E-state index < -0.39 is 15.0 Å². The first-order valence-corrected chi connectivity index (χ1v) is 13.1. The largest absolute Gasteiger partial charge is 0.753 e. The van der Waals surface area contributed by atoms with Crippen LogP contribution in [-0.2, 0) is 22.5 Å². The lowest BCUT2D eigenvalue weighted by molar-refractivity contribution is -0.152. The lowest BCUT2D eigenvalue weighted by Crippen LogP contribution is -2.66. The minimum absolute atomic E-state index is 0.342. The van der Waals surface area contributed by atoms with Gasteiger partial charge in [-0.15, -0.1) is 0 Å². The molecule has 0 N–H and O–H groups in total. The molecule has 3 aliphatic heterocycles. The zero-order valence-electron chi connectivity index (χ0n) is 18.9. The molecule has 6 rings (SSSR count). The fraction of sp³-hybridized carbons (Fsp3) is 0.222. The van der Waals surface area contributed by atoms with E-state index in [4.69, 9.17) is 17.7 Å². The van der Waals surface area contributed by atoms with E-state index >= 15 is 0 Å². The summed E-state index contributed by atoms with van der Waals surface area (Å²) >= 11 is 0. The van der Waals surface area contributed by atoms with Crippen LogP contribution in [0.5, 0.6) is 0 Å². The topological polar surface area (TPSA) is 54.0 Å². The molecule has 2 bridgehead atoms. The Morgan fingerprint density at radius 1 is 0.853 bits per heavy atom. The Hall–Kier alpha value is -3.07. The Kier molecular flexibility index (Phi) is 6.45. The highest BCUT2D eigenvalue weighted by molar-refractivity contribution is 6.56. The maximum Gasteiger partial charge on any atom is 0.753 e. The summed E-state index contributed by atoms with van der Waals surface area (Å²) in [5.41, 5.74) is 3.14. The fourth-order valence-corrected chi connectivity index (χ4v) is 6.90. The molecule has 3 aromatic rings. The Balaban J connectivity index is 1.65. The molecule has 174 valence electrons. The zero-order valence-corrected chi connectivity index (χ0v) is 19.9. The number of carbonyl (C=O) groups is 1. The number of para-hydroxylation sites is 1. The summed E-state index contributed by atoms with van der Waals surface area (Å²) in [4.78, 5) is 12.4. The van der Waals surface area contributed by atoms with Crippen molar-refractivity contribution in [3.05, 3.63) is 115 Å².